The van der Waals surface area contributed by atoms with Crippen molar-refractivity contribution in [3.63, 3.8) is 0 Å². The first-order valence-electron chi connectivity index (χ1n) is 6.88. The second-order valence-corrected chi connectivity index (χ2v) is 5.12. The third-order valence-electron chi connectivity index (χ3n) is 3.74. The Morgan fingerprint density at radius 1 is 1.26 bits per heavy atom. The Hall–Kier alpha value is -1.39. The first-order chi connectivity index (χ1) is 9.18. The molecule has 1 fully saturated rings. The number of nitrogens with zero attached hydrogens (tertiary/aromatic N) is 1. The van der Waals surface area contributed by atoms with E-state index >= 15 is 0 Å². The Labute approximate surface area is 113 Å². The minimum atomic E-state index is -0.776. The van der Waals surface area contributed by atoms with Gasteiger partial charge in [0.25, 0.3) is 0 Å². The number of rotatable bonds is 4. The lowest BCUT2D eigenvalue weighted by Crippen LogP contribution is -2.42. The highest BCUT2D eigenvalue weighted by Crippen LogP contribution is 2.21. The molecule has 0 spiro atoms. The molecule has 1 aliphatic heterocycles. The molecule has 0 bridgehead atoms. The maximum Gasteiger partial charge on any atom is 0.320 e. The zero-order chi connectivity index (χ0) is 13.7. The Morgan fingerprint density at radius 3 is 2.68 bits per heavy atom. The summed E-state index contributed by atoms with van der Waals surface area (Å²) in [4.78, 5) is 13.2. The fourth-order valence-corrected chi connectivity index (χ4v) is 2.67. The van der Waals surface area contributed by atoms with Gasteiger partial charge in [-0.1, -0.05) is 43.2 Å². The van der Waals surface area contributed by atoms with Crippen LogP contribution in [-0.2, 0) is 4.79 Å². The van der Waals surface area contributed by atoms with Crippen LogP contribution in [0, 0.1) is 0 Å². The summed E-state index contributed by atoms with van der Waals surface area (Å²) in [5.74, 6) is -0.776. The molecule has 104 valence electrons. The summed E-state index contributed by atoms with van der Waals surface area (Å²) in [6, 6.07) is 8.96. The minimum Gasteiger partial charge on any atom is -0.480 e. The van der Waals surface area contributed by atoms with Crippen molar-refractivity contribution >= 4 is 5.97 Å². The van der Waals surface area contributed by atoms with E-state index in [-0.39, 0.29) is 0 Å². The summed E-state index contributed by atoms with van der Waals surface area (Å²) in [6.07, 6.45) is 3.08. The molecule has 1 aromatic carbocycles. The third kappa shape index (κ3) is 3.78. The highest BCUT2D eigenvalue weighted by atomic mass is 16.4. The van der Waals surface area contributed by atoms with Gasteiger partial charge in [-0.2, -0.15) is 0 Å². The number of aliphatic carboxylic acids is 1. The third-order valence-corrected chi connectivity index (χ3v) is 3.74. The molecule has 1 aliphatic rings. The summed E-state index contributed by atoms with van der Waals surface area (Å²) in [7, 11) is 0. The number of hydrogen-bond donors (Lipinski definition) is 2. The summed E-state index contributed by atoms with van der Waals surface area (Å²) in [6.45, 7) is 1.14. The molecular formula is C15H21NO3. The molecule has 0 aliphatic carbocycles. The minimum absolute atomic E-state index is 0.390. The fourth-order valence-electron chi connectivity index (χ4n) is 2.67. The first kappa shape index (κ1) is 14.0. The van der Waals surface area contributed by atoms with Gasteiger partial charge in [0.15, 0.2) is 0 Å². The van der Waals surface area contributed by atoms with E-state index in [1.807, 2.05) is 35.2 Å². The summed E-state index contributed by atoms with van der Waals surface area (Å²) in [5, 5.41) is 19.5. The van der Waals surface area contributed by atoms with E-state index < -0.39 is 18.1 Å². The van der Waals surface area contributed by atoms with E-state index in [4.69, 9.17) is 0 Å². The van der Waals surface area contributed by atoms with Crippen molar-refractivity contribution in [2.24, 2.45) is 0 Å². The lowest BCUT2D eigenvalue weighted by Gasteiger charge is -2.28. The van der Waals surface area contributed by atoms with Crippen LogP contribution in [-0.4, -0.2) is 40.2 Å². The van der Waals surface area contributed by atoms with E-state index in [1.54, 1.807) is 0 Å². The Balaban J connectivity index is 2.04. The topological polar surface area (TPSA) is 60.8 Å². The molecule has 19 heavy (non-hydrogen) atoms. The van der Waals surface area contributed by atoms with Crippen molar-refractivity contribution in [3.8, 4) is 0 Å². The molecule has 1 heterocycles. The molecule has 0 saturated carbocycles. The second-order valence-electron chi connectivity index (χ2n) is 5.12. The van der Waals surface area contributed by atoms with Gasteiger partial charge in [0.1, 0.15) is 6.04 Å². The van der Waals surface area contributed by atoms with E-state index in [2.05, 4.69) is 0 Å². The van der Waals surface area contributed by atoms with Crippen molar-refractivity contribution in [2.45, 2.75) is 37.8 Å². The number of likely N-dealkylation sites (tertiary alicyclic amines) is 1. The maximum absolute atomic E-state index is 11.3. The second kappa shape index (κ2) is 6.68. The molecule has 0 radical (unpaired) electrons. The molecule has 0 amide bonds. The lowest BCUT2D eigenvalue weighted by atomic mass is 10.1. The predicted molar refractivity (Wildman–Crippen MR) is 72.9 cm³/mol. The highest BCUT2D eigenvalue weighted by molar-refractivity contribution is 5.73. The predicted octanol–water partition coefficient (Wildman–Crippen LogP) is 2.05. The van der Waals surface area contributed by atoms with Crippen molar-refractivity contribution in [2.75, 3.05) is 13.1 Å². The Kier molecular flexibility index (Phi) is 4.93. The van der Waals surface area contributed by atoms with Crippen LogP contribution in [0.4, 0.5) is 0 Å². The molecule has 2 atom stereocenters. The van der Waals surface area contributed by atoms with Gasteiger partial charge < -0.3 is 10.2 Å². The fraction of sp³-hybridized carbons (Fsp3) is 0.533. The number of aliphatic hydroxyl groups is 1. The highest BCUT2D eigenvalue weighted by Gasteiger charge is 2.28. The van der Waals surface area contributed by atoms with Gasteiger partial charge in [0.05, 0.1) is 6.10 Å². The monoisotopic (exact) mass is 263 g/mol. The number of carboxylic acid groups (broad SMARTS) is 1. The van der Waals surface area contributed by atoms with E-state index in [0.717, 1.165) is 31.4 Å². The van der Waals surface area contributed by atoms with E-state index in [1.165, 1.54) is 0 Å². The molecule has 1 aromatic rings. The number of β-amino-alcohol motifs (C(OH)–C–C–N with tert-alkyl or cyclic N) is 1. The molecule has 2 rings (SSSR count). The SMILES string of the molecule is O=C(O)C1CCCCCN1CC(O)c1ccccc1. The number of carbonyl (C=O) groups is 1. The number of carboxylic acids is 1. The molecule has 1 saturated heterocycles. The zero-order valence-electron chi connectivity index (χ0n) is 11.0. The van der Waals surface area contributed by atoms with Gasteiger partial charge in [0.2, 0.25) is 0 Å². The summed E-state index contributed by atoms with van der Waals surface area (Å²) < 4.78 is 0. The van der Waals surface area contributed by atoms with Gasteiger partial charge in [-0.05, 0) is 24.9 Å². The molecule has 2 N–H and O–H groups in total. The molecule has 4 heteroatoms. The van der Waals surface area contributed by atoms with Gasteiger partial charge in [0, 0.05) is 6.54 Å². The van der Waals surface area contributed by atoms with Crippen LogP contribution in [0.3, 0.4) is 0 Å². The quantitative estimate of drug-likeness (QED) is 0.873. The van der Waals surface area contributed by atoms with Gasteiger partial charge in [-0.25, -0.2) is 0 Å². The molecular weight excluding hydrogens is 242 g/mol. The average Bonchev–Trinajstić information content (AvgIpc) is 2.65. The van der Waals surface area contributed by atoms with Crippen molar-refractivity contribution in [1.82, 2.24) is 4.90 Å². The van der Waals surface area contributed by atoms with Crippen LogP contribution >= 0.6 is 0 Å². The van der Waals surface area contributed by atoms with Crippen LogP contribution in [0.1, 0.15) is 37.4 Å². The van der Waals surface area contributed by atoms with Crippen LogP contribution in [0.2, 0.25) is 0 Å². The van der Waals surface area contributed by atoms with Crippen molar-refractivity contribution < 1.29 is 15.0 Å². The Bertz CT molecular complexity index is 407. The van der Waals surface area contributed by atoms with Crippen LogP contribution < -0.4 is 0 Å². The number of aliphatic hydroxyl groups excluding tert-OH is 1. The van der Waals surface area contributed by atoms with Gasteiger partial charge >= 0.3 is 5.97 Å². The normalized spacial score (nSPS) is 22.7. The first-order valence-corrected chi connectivity index (χ1v) is 6.88. The molecule has 4 nitrogen and oxygen atoms in total. The van der Waals surface area contributed by atoms with Crippen molar-refractivity contribution in [1.29, 1.82) is 0 Å². The van der Waals surface area contributed by atoms with Crippen LogP contribution in [0.15, 0.2) is 30.3 Å². The maximum atomic E-state index is 11.3. The number of benzene rings is 1. The molecule has 2 unspecified atom stereocenters. The summed E-state index contributed by atoms with van der Waals surface area (Å²) in [5.41, 5.74) is 0.843. The van der Waals surface area contributed by atoms with Gasteiger partial charge in [-0.3, -0.25) is 9.69 Å². The lowest BCUT2D eigenvalue weighted by molar-refractivity contribution is -0.143. The molecule has 0 aromatic heterocycles. The largest absolute Gasteiger partial charge is 0.480 e. The van der Waals surface area contributed by atoms with E-state index in [0.29, 0.717) is 13.0 Å². The number of hydrogen-bond acceptors (Lipinski definition) is 3. The average molecular weight is 263 g/mol. The van der Waals surface area contributed by atoms with Crippen LogP contribution in [0.5, 0.6) is 0 Å². The smallest absolute Gasteiger partial charge is 0.320 e. The Morgan fingerprint density at radius 2 is 2.00 bits per heavy atom. The van der Waals surface area contributed by atoms with Crippen molar-refractivity contribution in [3.05, 3.63) is 35.9 Å². The summed E-state index contributed by atoms with van der Waals surface area (Å²) >= 11 is 0. The van der Waals surface area contributed by atoms with Gasteiger partial charge in [-0.15, -0.1) is 0 Å². The zero-order valence-corrected chi connectivity index (χ0v) is 11.0. The standard InChI is InChI=1S/C15H21NO3/c17-14(12-7-3-1-4-8-12)11-16-10-6-2-5-9-13(16)15(18)19/h1,3-4,7-8,13-14,17H,2,5-6,9-11H2,(H,18,19). The van der Waals surface area contributed by atoms with Crippen LogP contribution in [0.25, 0.3) is 0 Å². The van der Waals surface area contributed by atoms with E-state index in [9.17, 15) is 15.0 Å².